The van der Waals surface area contributed by atoms with Crippen LogP contribution in [0, 0.1) is 6.92 Å². The number of carboxylic acid groups (broad SMARTS) is 1. The van der Waals surface area contributed by atoms with Gasteiger partial charge in [-0.05, 0) is 36.8 Å². The molecule has 0 bridgehead atoms. The van der Waals surface area contributed by atoms with E-state index >= 15 is 0 Å². The highest BCUT2D eigenvalue weighted by molar-refractivity contribution is 6.32. The smallest absolute Gasteiger partial charge is 0.358 e. The van der Waals surface area contributed by atoms with Crippen LogP contribution in [0.5, 0.6) is 0 Å². The van der Waals surface area contributed by atoms with Crippen molar-refractivity contribution in [2.24, 2.45) is 10.2 Å². The van der Waals surface area contributed by atoms with Crippen LogP contribution in [-0.2, 0) is 0 Å². The van der Waals surface area contributed by atoms with Crippen molar-refractivity contribution in [2.75, 3.05) is 0 Å². The first-order chi connectivity index (χ1) is 10.6. The van der Waals surface area contributed by atoms with Crippen LogP contribution < -0.4 is 0 Å². The molecule has 0 amide bonds. The first-order valence-electron chi connectivity index (χ1n) is 6.44. The Labute approximate surface area is 130 Å². The van der Waals surface area contributed by atoms with Crippen LogP contribution >= 0.6 is 11.6 Å². The molecule has 7 heteroatoms. The Kier molecular flexibility index (Phi) is 3.60. The van der Waals surface area contributed by atoms with E-state index in [1.165, 1.54) is 0 Å². The monoisotopic (exact) mass is 314 g/mol. The molecule has 0 fully saturated rings. The number of rotatable bonds is 3. The van der Waals surface area contributed by atoms with E-state index in [0.717, 1.165) is 5.56 Å². The van der Waals surface area contributed by atoms with Gasteiger partial charge in [0, 0.05) is 6.20 Å². The summed E-state index contributed by atoms with van der Waals surface area (Å²) in [7, 11) is 0. The van der Waals surface area contributed by atoms with Gasteiger partial charge in [0.2, 0.25) is 0 Å². The lowest BCUT2D eigenvalue weighted by atomic mass is 10.3. The maximum absolute atomic E-state index is 11.4. The Hall–Kier alpha value is -2.73. The van der Waals surface area contributed by atoms with Crippen molar-refractivity contribution in [3.8, 4) is 0 Å². The minimum Gasteiger partial charge on any atom is -0.476 e. The Balaban J connectivity index is 2.15. The highest BCUT2D eigenvalue weighted by atomic mass is 35.5. The molecule has 0 aliphatic carbocycles. The number of hydrogen-bond acceptors (Lipinski definition) is 4. The summed E-state index contributed by atoms with van der Waals surface area (Å²) in [5, 5.41) is 17.8. The van der Waals surface area contributed by atoms with Crippen LogP contribution in [0.1, 0.15) is 16.1 Å². The second-order valence-corrected chi connectivity index (χ2v) is 5.08. The number of nitrogens with zero attached hydrogens (tertiary/aromatic N) is 4. The molecule has 0 radical (unpaired) electrons. The molecule has 0 aliphatic rings. The molecule has 0 atom stereocenters. The first-order valence-corrected chi connectivity index (χ1v) is 6.82. The van der Waals surface area contributed by atoms with Gasteiger partial charge in [-0.2, -0.15) is 0 Å². The fourth-order valence-electron chi connectivity index (χ4n) is 2.01. The lowest BCUT2D eigenvalue weighted by Gasteiger charge is -1.98. The standard InChI is InChI=1S/C15H11ClN4O2/c1-9-6-7-20-12(8-9)17-13(15(21)22)14(20)19-18-11-5-3-2-4-10(11)16/h2-8H,1H3,(H,21,22). The molecule has 3 rings (SSSR count). The zero-order chi connectivity index (χ0) is 15.7. The van der Waals surface area contributed by atoms with Crippen LogP contribution in [0.3, 0.4) is 0 Å². The molecule has 110 valence electrons. The summed E-state index contributed by atoms with van der Waals surface area (Å²) in [4.78, 5) is 15.4. The van der Waals surface area contributed by atoms with Crippen molar-refractivity contribution in [3.63, 3.8) is 0 Å². The normalized spacial score (nSPS) is 11.4. The molecule has 1 aromatic carbocycles. The average molecular weight is 315 g/mol. The lowest BCUT2D eigenvalue weighted by molar-refractivity contribution is 0.0692. The Bertz CT molecular complexity index is 902. The first kappa shape index (κ1) is 14.2. The van der Waals surface area contributed by atoms with Gasteiger partial charge >= 0.3 is 5.97 Å². The summed E-state index contributed by atoms with van der Waals surface area (Å²) in [6.45, 7) is 1.90. The van der Waals surface area contributed by atoms with Crippen LogP contribution in [0.25, 0.3) is 5.65 Å². The molecule has 0 saturated heterocycles. The highest BCUT2D eigenvalue weighted by Crippen LogP contribution is 2.28. The molecule has 2 aromatic heterocycles. The molecule has 2 heterocycles. The van der Waals surface area contributed by atoms with Crippen molar-refractivity contribution in [1.82, 2.24) is 9.38 Å². The number of halogens is 1. The van der Waals surface area contributed by atoms with E-state index in [4.69, 9.17) is 11.6 Å². The predicted octanol–water partition coefficient (Wildman–Crippen LogP) is 4.41. The molecular formula is C15H11ClN4O2. The van der Waals surface area contributed by atoms with E-state index < -0.39 is 5.97 Å². The minimum atomic E-state index is -1.16. The number of aromatic carboxylic acids is 1. The summed E-state index contributed by atoms with van der Waals surface area (Å²) in [6.07, 6.45) is 1.71. The van der Waals surface area contributed by atoms with Gasteiger partial charge in [0.1, 0.15) is 11.3 Å². The summed E-state index contributed by atoms with van der Waals surface area (Å²) < 4.78 is 1.58. The highest BCUT2D eigenvalue weighted by Gasteiger charge is 2.18. The molecule has 0 aliphatic heterocycles. The fraction of sp³-hybridized carbons (Fsp3) is 0.0667. The second kappa shape index (κ2) is 5.57. The van der Waals surface area contributed by atoms with Gasteiger partial charge in [-0.1, -0.05) is 23.7 Å². The van der Waals surface area contributed by atoms with Gasteiger partial charge in [-0.3, -0.25) is 4.40 Å². The predicted molar refractivity (Wildman–Crippen MR) is 82.5 cm³/mol. The van der Waals surface area contributed by atoms with Crippen LogP contribution in [-0.4, -0.2) is 20.5 Å². The SMILES string of the molecule is Cc1ccn2c(N=Nc3ccccc3Cl)c(C(=O)O)nc2c1. The molecule has 6 nitrogen and oxygen atoms in total. The molecule has 22 heavy (non-hydrogen) atoms. The average Bonchev–Trinajstić information content (AvgIpc) is 2.84. The van der Waals surface area contributed by atoms with E-state index in [1.54, 1.807) is 40.9 Å². The maximum atomic E-state index is 11.4. The van der Waals surface area contributed by atoms with Gasteiger partial charge in [-0.15, -0.1) is 10.2 Å². The number of aryl methyl sites for hydroxylation is 1. The van der Waals surface area contributed by atoms with E-state index in [-0.39, 0.29) is 11.5 Å². The second-order valence-electron chi connectivity index (χ2n) is 4.67. The Morgan fingerprint density at radius 2 is 2.05 bits per heavy atom. The number of benzene rings is 1. The molecule has 0 unspecified atom stereocenters. The van der Waals surface area contributed by atoms with Gasteiger partial charge < -0.3 is 5.11 Å². The zero-order valence-corrected chi connectivity index (χ0v) is 12.3. The van der Waals surface area contributed by atoms with Gasteiger partial charge in [0.05, 0.1) is 5.02 Å². The van der Waals surface area contributed by atoms with Crippen molar-refractivity contribution < 1.29 is 9.90 Å². The van der Waals surface area contributed by atoms with Crippen molar-refractivity contribution in [3.05, 3.63) is 58.9 Å². The van der Waals surface area contributed by atoms with Crippen molar-refractivity contribution >= 4 is 34.7 Å². The molecule has 0 spiro atoms. The topological polar surface area (TPSA) is 79.3 Å². The summed E-state index contributed by atoms with van der Waals surface area (Å²) in [6, 6.07) is 10.6. The Morgan fingerprint density at radius 1 is 1.27 bits per heavy atom. The van der Waals surface area contributed by atoms with Gasteiger partial charge in [-0.25, -0.2) is 9.78 Å². The van der Waals surface area contributed by atoms with E-state index in [9.17, 15) is 9.90 Å². The third-order valence-corrected chi connectivity index (χ3v) is 3.38. The third-order valence-electron chi connectivity index (χ3n) is 3.06. The van der Waals surface area contributed by atoms with E-state index in [1.807, 2.05) is 13.0 Å². The van der Waals surface area contributed by atoms with Crippen LogP contribution in [0.4, 0.5) is 11.5 Å². The third kappa shape index (κ3) is 2.56. The lowest BCUT2D eigenvalue weighted by Crippen LogP contribution is -1.96. The number of aromatic nitrogens is 2. The molecular weight excluding hydrogens is 304 g/mol. The Morgan fingerprint density at radius 3 is 2.77 bits per heavy atom. The van der Waals surface area contributed by atoms with Crippen LogP contribution in [0.15, 0.2) is 52.8 Å². The maximum Gasteiger partial charge on any atom is 0.358 e. The number of carbonyl (C=O) groups is 1. The van der Waals surface area contributed by atoms with Crippen LogP contribution in [0.2, 0.25) is 5.02 Å². The number of imidazole rings is 1. The summed E-state index contributed by atoms with van der Waals surface area (Å²) >= 11 is 6.01. The quantitative estimate of drug-likeness (QED) is 0.727. The number of carboxylic acids is 1. The summed E-state index contributed by atoms with van der Waals surface area (Å²) in [5.74, 6) is -1.00. The van der Waals surface area contributed by atoms with Crippen molar-refractivity contribution in [1.29, 1.82) is 0 Å². The molecule has 1 N–H and O–H groups in total. The number of fused-ring (bicyclic) bond motifs is 1. The largest absolute Gasteiger partial charge is 0.476 e. The minimum absolute atomic E-state index is 0.151. The van der Waals surface area contributed by atoms with Crippen molar-refractivity contribution in [2.45, 2.75) is 6.92 Å². The fourth-order valence-corrected chi connectivity index (χ4v) is 2.18. The molecule has 3 aromatic rings. The zero-order valence-electron chi connectivity index (χ0n) is 11.6. The number of azo groups is 1. The molecule has 0 saturated carbocycles. The number of pyridine rings is 1. The van der Waals surface area contributed by atoms with E-state index in [2.05, 4.69) is 15.2 Å². The van der Waals surface area contributed by atoms with E-state index in [0.29, 0.717) is 16.4 Å². The number of hydrogen-bond donors (Lipinski definition) is 1. The van der Waals surface area contributed by atoms with Gasteiger partial charge in [0.15, 0.2) is 11.5 Å². The summed E-state index contributed by atoms with van der Waals surface area (Å²) in [5.41, 5.74) is 1.79. The van der Waals surface area contributed by atoms with Gasteiger partial charge in [0.25, 0.3) is 0 Å².